The van der Waals surface area contributed by atoms with Crippen molar-refractivity contribution in [3.63, 3.8) is 0 Å². The van der Waals surface area contributed by atoms with Crippen LogP contribution in [0.25, 0.3) is 0 Å². The third-order valence-electron chi connectivity index (χ3n) is 4.19. The average Bonchev–Trinajstić information content (AvgIpc) is 3.11. The molecule has 0 saturated heterocycles. The van der Waals surface area contributed by atoms with Crippen LogP contribution in [-0.4, -0.2) is 5.78 Å². The summed E-state index contributed by atoms with van der Waals surface area (Å²) in [4.78, 5) is 11.9. The lowest BCUT2D eigenvalue weighted by atomic mass is 9.83. The van der Waals surface area contributed by atoms with E-state index in [1.807, 2.05) is 0 Å². The minimum Gasteiger partial charge on any atom is -0.299 e. The normalized spacial score (nSPS) is 33.8. The molecule has 0 spiro atoms. The molecule has 16 heavy (non-hydrogen) atoms. The molecular formula is C15H18O. The third-order valence-corrected chi connectivity index (χ3v) is 4.19. The molecule has 1 nitrogen and oxygen atoms in total. The van der Waals surface area contributed by atoms with Gasteiger partial charge in [-0.25, -0.2) is 0 Å². The van der Waals surface area contributed by atoms with Gasteiger partial charge in [0, 0.05) is 12.3 Å². The zero-order chi connectivity index (χ0) is 11.0. The van der Waals surface area contributed by atoms with E-state index in [1.54, 1.807) is 0 Å². The molecule has 0 amide bonds. The highest BCUT2D eigenvalue weighted by Gasteiger charge is 2.46. The molecule has 0 radical (unpaired) electrons. The first-order valence-electron chi connectivity index (χ1n) is 6.44. The Morgan fingerprint density at radius 3 is 2.56 bits per heavy atom. The summed E-state index contributed by atoms with van der Waals surface area (Å²) in [5.41, 5.74) is 1.44. The van der Waals surface area contributed by atoms with Crippen LogP contribution < -0.4 is 0 Å². The van der Waals surface area contributed by atoms with E-state index < -0.39 is 0 Å². The minimum atomic E-state index is 0.388. The lowest BCUT2D eigenvalue weighted by Gasteiger charge is -2.20. The molecule has 0 aromatic heterocycles. The summed E-state index contributed by atoms with van der Waals surface area (Å²) in [5, 5.41) is 0. The minimum absolute atomic E-state index is 0.388. The quantitative estimate of drug-likeness (QED) is 0.735. The predicted molar refractivity (Wildman–Crippen MR) is 64.3 cm³/mol. The second-order valence-electron chi connectivity index (χ2n) is 5.24. The molecule has 0 aliphatic heterocycles. The van der Waals surface area contributed by atoms with E-state index in [-0.39, 0.29) is 0 Å². The summed E-state index contributed by atoms with van der Waals surface area (Å²) in [7, 11) is 0. The number of hydrogen-bond acceptors (Lipinski definition) is 1. The molecule has 1 aromatic carbocycles. The zero-order valence-electron chi connectivity index (χ0n) is 9.56. The second kappa shape index (κ2) is 4.04. The van der Waals surface area contributed by atoms with E-state index in [9.17, 15) is 4.79 Å². The summed E-state index contributed by atoms with van der Waals surface area (Å²) in [5.74, 6) is 2.26. The highest BCUT2D eigenvalue weighted by atomic mass is 16.1. The van der Waals surface area contributed by atoms with E-state index in [2.05, 4.69) is 30.3 Å². The number of rotatable bonds is 2. The van der Waals surface area contributed by atoms with Gasteiger partial charge >= 0.3 is 0 Å². The number of carbonyl (C=O) groups is 1. The van der Waals surface area contributed by atoms with Gasteiger partial charge in [0.1, 0.15) is 5.78 Å². The van der Waals surface area contributed by atoms with E-state index in [1.165, 1.54) is 18.4 Å². The Morgan fingerprint density at radius 2 is 1.81 bits per heavy atom. The zero-order valence-corrected chi connectivity index (χ0v) is 9.56. The molecule has 1 heteroatoms. The van der Waals surface area contributed by atoms with Crippen LogP contribution in [0.2, 0.25) is 0 Å². The molecular weight excluding hydrogens is 196 g/mol. The van der Waals surface area contributed by atoms with Crippen molar-refractivity contribution in [3.8, 4) is 0 Å². The number of benzene rings is 1. The second-order valence-corrected chi connectivity index (χ2v) is 5.24. The Bertz CT molecular complexity index is 382. The molecule has 2 aliphatic carbocycles. The topological polar surface area (TPSA) is 17.1 Å². The van der Waals surface area contributed by atoms with Crippen LogP contribution in [-0.2, 0) is 4.79 Å². The highest BCUT2D eigenvalue weighted by molar-refractivity contribution is 5.82. The molecule has 3 unspecified atom stereocenters. The Hall–Kier alpha value is -1.11. The maximum atomic E-state index is 11.9. The van der Waals surface area contributed by atoms with Gasteiger partial charge in [-0.2, -0.15) is 0 Å². The van der Waals surface area contributed by atoms with Crippen molar-refractivity contribution in [2.45, 2.75) is 38.0 Å². The summed E-state index contributed by atoms with van der Waals surface area (Å²) in [6.45, 7) is 0. The van der Waals surface area contributed by atoms with Crippen molar-refractivity contribution in [1.29, 1.82) is 0 Å². The SMILES string of the molecule is O=C1CCCCC1C1CC1c1ccccc1. The van der Waals surface area contributed by atoms with E-state index >= 15 is 0 Å². The molecule has 0 N–H and O–H groups in total. The Morgan fingerprint density at radius 1 is 1.00 bits per heavy atom. The van der Waals surface area contributed by atoms with Gasteiger partial charge < -0.3 is 0 Å². The summed E-state index contributed by atoms with van der Waals surface area (Å²) in [6, 6.07) is 10.7. The molecule has 0 bridgehead atoms. The molecule has 2 saturated carbocycles. The fourth-order valence-electron chi connectivity index (χ4n) is 3.21. The lowest BCUT2D eigenvalue weighted by molar-refractivity contribution is -0.125. The van der Waals surface area contributed by atoms with Crippen LogP contribution in [0.3, 0.4) is 0 Å². The van der Waals surface area contributed by atoms with Gasteiger partial charge in [-0.1, -0.05) is 36.8 Å². The highest BCUT2D eigenvalue weighted by Crippen LogP contribution is 2.54. The van der Waals surface area contributed by atoms with Crippen LogP contribution >= 0.6 is 0 Å². The Balaban J connectivity index is 1.69. The van der Waals surface area contributed by atoms with Crippen LogP contribution in [0.4, 0.5) is 0 Å². The predicted octanol–water partition coefficient (Wildman–Crippen LogP) is 3.55. The maximum Gasteiger partial charge on any atom is 0.136 e. The van der Waals surface area contributed by atoms with Crippen molar-refractivity contribution in [2.75, 3.05) is 0 Å². The van der Waals surface area contributed by atoms with Gasteiger partial charge in [0.05, 0.1) is 0 Å². The van der Waals surface area contributed by atoms with Crippen LogP contribution in [0.5, 0.6) is 0 Å². The van der Waals surface area contributed by atoms with Crippen LogP contribution in [0.1, 0.15) is 43.6 Å². The summed E-state index contributed by atoms with van der Waals surface area (Å²) >= 11 is 0. The lowest BCUT2D eigenvalue weighted by Crippen LogP contribution is -2.21. The van der Waals surface area contributed by atoms with Crippen molar-refractivity contribution >= 4 is 5.78 Å². The molecule has 1 aromatic rings. The van der Waals surface area contributed by atoms with Crippen molar-refractivity contribution in [1.82, 2.24) is 0 Å². The van der Waals surface area contributed by atoms with Gasteiger partial charge in [-0.15, -0.1) is 0 Å². The van der Waals surface area contributed by atoms with Crippen LogP contribution in [0.15, 0.2) is 30.3 Å². The molecule has 2 fully saturated rings. The molecule has 84 valence electrons. The largest absolute Gasteiger partial charge is 0.299 e. The number of Topliss-reactive ketones (excluding diaryl/α,β-unsaturated/α-hetero) is 1. The molecule has 2 aliphatic rings. The van der Waals surface area contributed by atoms with Crippen molar-refractivity contribution < 1.29 is 4.79 Å². The summed E-state index contributed by atoms with van der Waals surface area (Å²) in [6.07, 6.45) is 5.60. The van der Waals surface area contributed by atoms with E-state index in [4.69, 9.17) is 0 Å². The first-order chi connectivity index (χ1) is 7.86. The van der Waals surface area contributed by atoms with Crippen LogP contribution in [0, 0.1) is 11.8 Å². The molecule has 3 atom stereocenters. The smallest absolute Gasteiger partial charge is 0.136 e. The molecule has 3 rings (SSSR count). The van der Waals surface area contributed by atoms with Crippen molar-refractivity contribution in [2.24, 2.45) is 11.8 Å². The van der Waals surface area contributed by atoms with E-state index in [0.29, 0.717) is 23.5 Å². The fourth-order valence-corrected chi connectivity index (χ4v) is 3.21. The van der Waals surface area contributed by atoms with Crippen molar-refractivity contribution in [3.05, 3.63) is 35.9 Å². The number of ketones is 1. The van der Waals surface area contributed by atoms with E-state index in [0.717, 1.165) is 19.3 Å². The monoisotopic (exact) mass is 214 g/mol. The Labute approximate surface area is 96.9 Å². The summed E-state index contributed by atoms with van der Waals surface area (Å²) < 4.78 is 0. The van der Waals surface area contributed by atoms with Gasteiger partial charge in [0.25, 0.3) is 0 Å². The fraction of sp³-hybridized carbons (Fsp3) is 0.533. The maximum absolute atomic E-state index is 11.9. The first-order valence-corrected chi connectivity index (χ1v) is 6.44. The number of hydrogen-bond donors (Lipinski definition) is 0. The first kappa shape index (κ1) is 10.1. The average molecular weight is 214 g/mol. The van der Waals surface area contributed by atoms with Gasteiger partial charge in [-0.3, -0.25) is 4.79 Å². The molecule has 0 heterocycles. The third kappa shape index (κ3) is 1.79. The number of carbonyl (C=O) groups excluding carboxylic acids is 1. The Kier molecular flexibility index (Phi) is 2.55. The van der Waals surface area contributed by atoms with Gasteiger partial charge in [0.15, 0.2) is 0 Å². The van der Waals surface area contributed by atoms with Gasteiger partial charge in [0.2, 0.25) is 0 Å². The standard InChI is InChI=1S/C15H18O/c16-15-9-5-4-8-12(15)14-10-13(14)11-6-2-1-3-7-11/h1-3,6-7,12-14H,4-5,8-10H2. The van der Waals surface area contributed by atoms with Gasteiger partial charge in [-0.05, 0) is 36.7 Å².